The summed E-state index contributed by atoms with van der Waals surface area (Å²) in [4.78, 5) is 16.4. The van der Waals surface area contributed by atoms with Gasteiger partial charge in [-0.05, 0) is 43.8 Å². The molecule has 0 bridgehead atoms. The van der Waals surface area contributed by atoms with Crippen LogP contribution < -0.4 is 5.32 Å². The maximum absolute atomic E-state index is 12.9. The van der Waals surface area contributed by atoms with E-state index in [-0.39, 0.29) is 10.8 Å². The molecule has 2 heterocycles. The van der Waals surface area contributed by atoms with Crippen LogP contribution in [0.3, 0.4) is 0 Å². The lowest BCUT2D eigenvalue weighted by atomic mass is 10.3. The summed E-state index contributed by atoms with van der Waals surface area (Å²) in [7, 11) is -3.55. The van der Waals surface area contributed by atoms with Crippen molar-refractivity contribution >= 4 is 33.0 Å². The number of rotatable bonds is 5. The topological polar surface area (TPSA) is 69.7 Å². The number of anilines is 1. The maximum Gasteiger partial charge on any atom is 0.265 e. The number of aryl methyl sites for hydroxylation is 1. The summed E-state index contributed by atoms with van der Waals surface area (Å²) in [6.07, 6.45) is 0. The second-order valence-electron chi connectivity index (χ2n) is 6.23. The predicted molar refractivity (Wildman–Crippen MR) is 104 cm³/mol. The molecule has 0 spiro atoms. The van der Waals surface area contributed by atoms with Crippen LogP contribution in [0.25, 0.3) is 0 Å². The third-order valence-electron chi connectivity index (χ3n) is 4.47. The molecule has 0 unspecified atom stereocenters. The summed E-state index contributed by atoms with van der Waals surface area (Å²) >= 11 is 1.41. The number of amides is 1. The summed E-state index contributed by atoms with van der Waals surface area (Å²) < 4.78 is 27.3. The summed E-state index contributed by atoms with van der Waals surface area (Å²) in [5.74, 6) is -0.228. The molecule has 0 aliphatic carbocycles. The molecule has 1 N–H and O–H groups in total. The van der Waals surface area contributed by atoms with Gasteiger partial charge in [-0.1, -0.05) is 13.0 Å². The van der Waals surface area contributed by atoms with Gasteiger partial charge in [0.05, 0.1) is 9.77 Å². The van der Waals surface area contributed by atoms with Crippen LogP contribution in [0.2, 0.25) is 0 Å². The smallest absolute Gasteiger partial charge is 0.265 e. The zero-order valence-electron chi connectivity index (χ0n) is 14.9. The maximum atomic E-state index is 12.9. The average molecular weight is 394 g/mol. The van der Waals surface area contributed by atoms with E-state index in [1.165, 1.54) is 21.7 Å². The highest BCUT2D eigenvalue weighted by Crippen LogP contribution is 2.22. The van der Waals surface area contributed by atoms with Crippen molar-refractivity contribution in [2.45, 2.75) is 18.7 Å². The number of carbonyl (C=O) groups is 1. The van der Waals surface area contributed by atoms with E-state index in [2.05, 4.69) is 17.1 Å². The lowest BCUT2D eigenvalue weighted by molar-refractivity contribution is 0.103. The molecule has 6 nitrogen and oxygen atoms in total. The van der Waals surface area contributed by atoms with Crippen LogP contribution in [-0.4, -0.2) is 56.3 Å². The van der Waals surface area contributed by atoms with Gasteiger partial charge in [-0.3, -0.25) is 4.79 Å². The van der Waals surface area contributed by atoms with Gasteiger partial charge in [-0.2, -0.15) is 4.31 Å². The second kappa shape index (κ2) is 7.87. The minimum atomic E-state index is -3.55. The first-order chi connectivity index (χ1) is 12.4. The number of nitrogens with one attached hydrogen (secondary N) is 1. The van der Waals surface area contributed by atoms with Crippen molar-refractivity contribution in [3.8, 4) is 0 Å². The molecule has 0 atom stereocenters. The number of sulfonamides is 1. The third-order valence-corrected chi connectivity index (χ3v) is 7.37. The Morgan fingerprint density at radius 3 is 2.50 bits per heavy atom. The van der Waals surface area contributed by atoms with E-state index in [0.717, 1.165) is 24.5 Å². The first kappa shape index (κ1) is 19.0. The minimum Gasteiger partial charge on any atom is -0.321 e. The highest BCUT2D eigenvalue weighted by molar-refractivity contribution is 7.89. The molecule has 1 amide bonds. The number of likely N-dealkylation sites (N-methyl/N-ethyl adjacent to an activating group) is 1. The number of hydrogen-bond donors (Lipinski definition) is 1. The Morgan fingerprint density at radius 1 is 1.15 bits per heavy atom. The standard InChI is InChI=1S/C18H23N3O3S2/c1-3-20-9-11-21(12-10-20)26(23,24)16-6-4-5-15(13-16)19-18(22)17-8-7-14(2)25-17/h4-8,13H,3,9-12H2,1-2H3,(H,19,22). The van der Waals surface area contributed by atoms with Crippen molar-refractivity contribution in [3.05, 3.63) is 46.2 Å². The molecule has 3 rings (SSSR count). The Hall–Kier alpha value is -1.74. The Balaban J connectivity index is 1.75. The highest BCUT2D eigenvalue weighted by atomic mass is 32.2. The van der Waals surface area contributed by atoms with Crippen LogP contribution in [0.15, 0.2) is 41.3 Å². The Kier molecular flexibility index (Phi) is 5.76. The molecule has 1 aromatic heterocycles. The van der Waals surface area contributed by atoms with Crippen molar-refractivity contribution in [3.63, 3.8) is 0 Å². The molecule has 1 saturated heterocycles. The molecular weight excluding hydrogens is 370 g/mol. The van der Waals surface area contributed by atoms with E-state index in [9.17, 15) is 13.2 Å². The van der Waals surface area contributed by atoms with Crippen molar-refractivity contribution in [2.24, 2.45) is 0 Å². The lowest BCUT2D eigenvalue weighted by Crippen LogP contribution is -2.48. The Bertz CT molecular complexity index is 885. The Labute approximate surface area is 158 Å². The van der Waals surface area contributed by atoms with E-state index < -0.39 is 10.0 Å². The van der Waals surface area contributed by atoms with Gasteiger partial charge in [0.25, 0.3) is 5.91 Å². The van der Waals surface area contributed by atoms with Gasteiger partial charge in [-0.25, -0.2) is 8.42 Å². The molecule has 0 saturated carbocycles. The highest BCUT2D eigenvalue weighted by Gasteiger charge is 2.28. The van der Waals surface area contributed by atoms with Crippen molar-refractivity contribution in [1.82, 2.24) is 9.21 Å². The molecule has 1 fully saturated rings. The summed E-state index contributed by atoms with van der Waals surface area (Å²) in [6.45, 7) is 7.40. The molecule has 1 aromatic carbocycles. The van der Waals surface area contributed by atoms with Gasteiger partial charge >= 0.3 is 0 Å². The van der Waals surface area contributed by atoms with E-state index >= 15 is 0 Å². The molecule has 1 aliphatic rings. The number of piperazine rings is 1. The summed E-state index contributed by atoms with van der Waals surface area (Å²) in [6, 6.07) is 10.1. The molecule has 26 heavy (non-hydrogen) atoms. The normalized spacial score (nSPS) is 16.5. The fourth-order valence-electron chi connectivity index (χ4n) is 2.92. The van der Waals surface area contributed by atoms with Crippen LogP contribution >= 0.6 is 11.3 Å². The van der Waals surface area contributed by atoms with Gasteiger partial charge in [0.2, 0.25) is 10.0 Å². The fraction of sp³-hybridized carbons (Fsp3) is 0.389. The lowest BCUT2D eigenvalue weighted by Gasteiger charge is -2.33. The number of thiophene rings is 1. The van der Waals surface area contributed by atoms with Crippen molar-refractivity contribution in [1.29, 1.82) is 0 Å². The predicted octanol–water partition coefficient (Wildman–Crippen LogP) is 2.64. The van der Waals surface area contributed by atoms with Crippen LogP contribution in [-0.2, 0) is 10.0 Å². The first-order valence-electron chi connectivity index (χ1n) is 8.60. The van der Waals surface area contributed by atoms with Gasteiger partial charge in [0.1, 0.15) is 0 Å². The Morgan fingerprint density at radius 2 is 1.88 bits per heavy atom. The monoisotopic (exact) mass is 393 g/mol. The van der Waals surface area contributed by atoms with E-state index in [1.54, 1.807) is 24.3 Å². The van der Waals surface area contributed by atoms with Crippen LogP contribution in [0.5, 0.6) is 0 Å². The van der Waals surface area contributed by atoms with Gasteiger partial charge in [0, 0.05) is 36.7 Å². The number of hydrogen-bond acceptors (Lipinski definition) is 5. The molecule has 2 aromatic rings. The van der Waals surface area contributed by atoms with Gasteiger partial charge in [-0.15, -0.1) is 11.3 Å². The molecule has 140 valence electrons. The number of benzene rings is 1. The van der Waals surface area contributed by atoms with E-state index in [4.69, 9.17) is 0 Å². The largest absolute Gasteiger partial charge is 0.321 e. The molecule has 1 aliphatic heterocycles. The molecular formula is C18H23N3O3S2. The third kappa shape index (κ3) is 4.15. The van der Waals surface area contributed by atoms with Crippen molar-refractivity contribution < 1.29 is 13.2 Å². The fourth-order valence-corrected chi connectivity index (χ4v) is 5.15. The minimum absolute atomic E-state index is 0.211. The zero-order chi connectivity index (χ0) is 18.7. The van der Waals surface area contributed by atoms with Crippen LogP contribution in [0.4, 0.5) is 5.69 Å². The van der Waals surface area contributed by atoms with E-state index in [0.29, 0.717) is 23.7 Å². The molecule has 0 radical (unpaired) electrons. The van der Waals surface area contributed by atoms with Gasteiger partial charge < -0.3 is 10.2 Å². The van der Waals surface area contributed by atoms with Crippen LogP contribution in [0.1, 0.15) is 21.5 Å². The van der Waals surface area contributed by atoms with E-state index in [1.807, 2.05) is 13.0 Å². The number of nitrogens with zero attached hydrogens (tertiary/aromatic N) is 2. The zero-order valence-corrected chi connectivity index (χ0v) is 16.6. The second-order valence-corrected chi connectivity index (χ2v) is 9.46. The van der Waals surface area contributed by atoms with Crippen LogP contribution in [0, 0.1) is 6.92 Å². The SMILES string of the molecule is CCN1CCN(S(=O)(=O)c2cccc(NC(=O)c3ccc(C)s3)c2)CC1. The average Bonchev–Trinajstić information content (AvgIpc) is 3.08. The van der Waals surface area contributed by atoms with Crippen molar-refractivity contribution in [2.75, 3.05) is 38.0 Å². The summed E-state index contributed by atoms with van der Waals surface area (Å²) in [5.41, 5.74) is 0.481. The number of carbonyl (C=O) groups excluding carboxylic acids is 1. The molecule has 8 heteroatoms. The summed E-state index contributed by atoms with van der Waals surface area (Å²) in [5, 5.41) is 2.78. The first-order valence-corrected chi connectivity index (χ1v) is 10.9. The van der Waals surface area contributed by atoms with Gasteiger partial charge in [0.15, 0.2) is 0 Å². The quantitative estimate of drug-likeness (QED) is 0.848.